The average Bonchev–Trinajstić information content (AvgIpc) is 2.49. The molecule has 0 atom stereocenters. The van der Waals surface area contributed by atoms with Crippen LogP contribution in [0.4, 0.5) is 5.69 Å². The van der Waals surface area contributed by atoms with Gasteiger partial charge in [-0.15, -0.1) is 6.42 Å². The van der Waals surface area contributed by atoms with Gasteiger partial charge in [0, 0.05) is 22.4 Å². The lowest BCUT2D eigenvalue weighted by Gasteiger charge is -2.07. The second kappa shape index (κ2) is 5.93. The van der Waals surface area contributed by atoms with Crippen LogP contribution < -0.4 is 11.1 Å². The van der Waals surface area contributed by atoms with Gasteiger partial charge in [-0.05, 0) is 48.9 Å². The Morgan fingerprint density at radius 1 is 1.10 bits per heavy atom. The van der Waals surface area contributed by atoms with E-state index in [1.807, 2.05) is 13.0 Å². The second-order valence-electron chi connectivity index (χ2n) is 4.57. The predicted molar refractivity (Wildman–Crippen MR) is 82.0 cm³/mol. The number of carbonyl (C=O) groups excluding carboxylic acids is 2. The molecule has 0 heterocycles. The van der Waals surface area contributed by atoms with Gasteiger partial charge < -0.3 is 11.1 Å². The Bertz CT molecular complexity index is 740. The van der Waals surface area contributed by atoms with Crippen LogP contribution in [-0.4, -0.2) is 11.8 Å². The number of primary amides is 1. The standard InChI is InChI=1S/C17H14N2O2/c1-3-12-10-15(9-4-11(12)2)19-17(21)14-7-5-13(6-8-14)16(18)20/h1,4-10H,2H3,(H2,18,20)(H,19,21). The molecule has 4 heteroatoms. The smallest absolute Gasteiger partial charge is 0.255 e. The van der Waals surface area contributed by atoms with Gasteiger partial charge in [0.2, 0.25) is 5.91 Å². The molecule has 0 unspecified atom stereocenters. The summed E-state index contributed by atoms with van der Waals surface area (Å²) in [7, 11) is 0. The van der Waals surface area contributed by atoms with Crippen LogP contribution in [0.3, 0.4) is 0 Å². The fourth-order valence-corrected chi connectivity index (χ4v) is 1.84. The molecule has 0 aliphatic rings. The highest BCUT2D eigenvalue weighted by Crippen LogP contribution is 2.15. The van der Waals surface area contributed by atoms with E-state index in [4.69, 9.17) is 12.2 Å². The van der Waals surface area contributed by atoms with Crippen molar-refractivity contribution in [3.8, 4) is 12.3 Å². The van der Waals surface area contributed by atoms with Crippen molar-refractivity contribution in [2.75, 3.05) is 5.32 Å². The minimum Gasteiger partial charge on any atom is -0.366 e. The Kier molecular flexibility index (Phi) is 4.05. The van der Waals surface area contributed by atoms with Crippen LogP contribution in [0.25, 0.3) is 0 Å². The number of anilines is 1. The van der Waals surface area contributed by atoms with Crippen LogP contribution in [0.2, 0.25) is 0 Å². The van der Waals surface area contributed by atoms with Crippen LogP contribution in [0.1, 0.15) is 31.8 Å². The molecule has 3 N–H and O–H groups in total. The third-order valence-electron chi connectivity index (χ3n) is 3.08. The molecule has 2 aromatic rings. The molecule has 2 rings (SSSR count). The van der Waals surface area contributed by atoms with Crippen LogP contribution in [0.5, 0.6) is 0 Å². The SMILES string of the molecule is C#Cc1cc(NC(=O)c2ccc(C(N)=O)cc2)ccc1C. The quantitative estimate of drug-likeness (QED) is 0.846. The highest BCUT2D eigenvalue weighted by molar-refractivity contribution is 6.05. The van der Waals surface area contributed by atoms with Crippen LogP contribution in [0, 0.1) is 19.3 Å². The van der Waals surface area contributed by atoms with E-state index in [1.54, 1.807) is 24.3 Å². The van der Waals surface area contributed by atoms with E-state index in [2.05, 4.69) is 11.2 Å². The summed E-state index contributed by atoms with van der Waals surface area (Å²) in [5, 5.41) is 2.76. The molecule has 0 radical (unpaired) electrons. The van der Waals surface area contributed by atoms with Gasteiger partial charge in [0.25, 0.3) is 5.91 Å². The molecule has 104 valence electrons. The predicted octanol–water partition coefficient (Wildman–Crippen LogP) is 2.33. The van der Waals surface area contributed by atoms with Crippen molar-refractivity contribution in [1.82, 2.24) is 0 Å². The first-order chi connectivity index (χ1) is 10.0. The number of carbonyl (C=O) groups is 2. The normalized spacial score (nSPS) is 9.71. The number of rotatable bonds is 3. The highest BCUT2D eigenvalue weighted by atomic mass is 16.2. The fraction of sp³-hybridized carbons (Fsp3) is 0.0588. The minimum atomic E-state index is -0.529. The van der Waals surface area contributed by atoms with Gasteiger partial charge in [-0.1, -0.05) is 12.0 Å². The molecule has 0 bridgehead atoms. The molecule has 0 aliphatic heterocycles. The zero-order valence-corrected chi connectivity index (χ0v) is 11.5. The number of hydrogen-bond acceptors (Lipinski definition) is 2. The molecule has 4 nitrogen and oxygen atoms in total. The Balaban J connectivity index is 2.18. The zero-order chi connectivity index (χ0) is 15.4. The van der Waals surface area contributed by atoms with E-state index in [-0.39, 0.29) is 5.91 Å². The molecule has 0 aromatic heterocycles. The first-order valence-electron chi connectivity index (χ1n) is 6.29. The molecule has 21 heavy (non-hydrogen) atoms. The topological polar surface area (TPSA) is 72.2 Å². The Morgan fingerprint density at radius 3 is 2.29 bits per heavy atom. The van der Waals surface area contributed by atoms with Gasteiger partial charge in [-0.3, -0.25) is 9.59 Å². The summed E-state index contributed by atoms with van der Waals surface area (Å²) in [6.07, 6.45) is 5.40. The maximum Gasteiger partial charge on any atom is 0.255 e. The minimum absolute atomic E-state index is 0.280. The summed E-state index contributed by atoms with van der Waals surface area (Å²) in [6.45, 7) is 1.91. The summed E-state index contributed by atoms with van der Waals surface area (Å²) in [4.78, 5) is 23.1. The van der Waals surface area contributed by atoms with E-state index < -0.39 is 5.91 Å². The third kappa shape index (κ3) is 3.28. The van der Waals surface area contributed by atoms with Crippen molar-refractivity contribution < 1.29 is 9.59 Å². The number of amides is 2. The van der Waals surface area contributed by atoms with E-state index in [0.29, 0.717) is 16.8 Å². The fourth-order valence-electron chi connectivity index (χ4n) is 1.84. The maximum absolute atomic E-state index is 12.1. The summed E-state index contributed by atoms with van der Waals surface area (Å²) in [5.74, 6) is 1.76. The van der Waals surface area contributed by atoms with Crippen LogP contribution in [-0.2, 0) is 0 Å². The van der Waals surface area contributed by atoms with Crippen molar-refractivity contribution in [3.05, 3.63) is 64.7 Å². The van der Waals surface area contributed by atoms with Gasteiger partial charge in [-0.2, -0.15) is 0 Å². The van der Waals surface area contributed by atoms with E-state index in [0.717, 1.165) is 11.1 Å². The lowest BCUT2D eigenvalue weighted by atomic mass is 10.1. The van der Waals surface area contributed by atoms with Gasteiger partial charge in [0.1, 0.15) is 0 Å². The van der Waals surface area contributed by atoms with Crippen molar-refractivity contribution in [1.29, 1.82) is 0 Å². The molecule has 0 saturated carbocycles. The molecule has 0 spiro atoms. The van der Waals surface area contributed by atoms with Crippen LogP contribution in [0.15, 0.2) is 42.5 Å². The molecule has 0 aliphatic carbocycles. The maximum atomic E-state index is 12.1. The molecular formula is C17H14N2O2. The summed E-state index contributed by atoms with van der Waals surface area (Å²) < 4.78 is 0. The number of terminal acetylenes is 1. The lowest BCUT2D eigenvalue weighted by Crippen LogP contribution is -2.14. The molecule has 0 fully saturated rings. The van der Waals surface area contributed by atoms with E-state index >= 15 is 0 Å². The van der Waals surface area contributed by atoms with Crippen molar-refractivity contribution in [3.63, 3.8) is 0 Å². The molecular weight excluding hydrogens is 264 g/mol. The van der Waals surface area contributed by atoms with Crippen molar-refractivity contribution in [2.24, 2.45) is 5.73 Å². The first kappa shape index (κ1) is 14.4. The molecule has 2 aromatic carbocycles. The average molecular weight is 278 g/mol. The number of benzene rings is 2. The zero-order valence-electron chi connectivity index (χ0n) is 11.5. The first-order valence-corrected chi connectivity index (χ1v) is 6.29. The second-order valence-corrected chi connectivity index (χ2v) is 4.57. The van der Waals surface area contributed by atoms with Gasteiger partial charge in [-0.25, -0.2) is 0 Å². The van der Waals surface area contributed by atoms with E-state index in [9.17, 15) is 9.59 Å². The van der Waals surface area contributed by atoms with Gasteiger partial charge in [0.05, 0.1) is 0 Å². The number of nitrogens with two attached hydrogens (primary N) is 1. The van der Waals surface area contributed by atoms with E-state index in [1.165, 1.54) is 12.1 Å². The molecule has 0 saturated heterocycles. The Hall–Kier alpha value is -3.06. The Labute approximate surface area is 123 Å². The largest absolute Gasteiger partial charge is 0.366 e. The van der Waals surface area contributed by atoms with Crippen molar-refractivity contribution >= 4 is 17.5 Å². The molecule has 2 amide bonds. The highest BCUT2D eigenvalue weighted by Gasteiger charge is 2.08. The van der Waals surface area contributed by atoms with Crippen LogP contribution >= 0.6 is 0 Å². The lowest BCUT2D eigenvalue weighted by molar-refractivity contribution is 0.0995. The number of nitrogens with one attached hydrogen (secondary N) is 1. The van der Waals surface area contributed by atoms with Crippen molar-refractivity contribution in [2.45, 2.75) is 6.92 Å². The third-order valence-corrected chi connectivity index (χ3v) is 3.08. The van der Waals surface area contributed by atoms with Gasteiger partial charge in [0.15, 0.2) is 0 Å². The summed E-state index contributed by atoms with van der Waals surface area (Å²) in [5.41, 5.74) is 8.27. The Morgan fingerprint density at radius 2 is 1.71 bits per heavy atom. The number of hydrogen-bond donors (Lipinski definition) is 2. The summed E-state index contributed by atoms with van der Waals surface area (Å²) >= 11 is 0. The summed E-state index contributed by atoms with van der Waals surface area (Å²) in [6, 6.07) is 11.5. The monoisotopic (exact) mass is 278 g/mol. The van der Waals surface area contributed by atoms with Gasteiger partial charge >= 0.3 is 0 Å². The number of aryl methyl sites for hydroxylation is 1.